The highest BCUT2D eigenvalue weighted by Gasteiger charge is 2.34. The smallest absolute Gasteiger partial charge is 0.323 e. The van der Waals surface area contributed by atoms with E-state index in [-0.39, 0.29) is 95.9 Å². The van der Waals surface area contributed by atoms with Gasteiger partial charge in [0.15, 0.2) is 11.7 Å². The summed E-state index contributed by atoms with van der Waals surface area (Å²) in [5.41, 5.74) is 1.52. The van der Waals surface area contributed by atoms with E-state index < -0.39 is 90.0 Å². The van der Waals surface area contributed by atoms with Crippen LogP contribution in [0.5, 0.6) is 5.75 Å². The molecule has 0 spiro atoms. The highest BCUT2D eigenvalue weighted by atomic mass is 32.2. The van der Waals surface area contributed by atoms with Crippen molar-refractivity contribution in [1.82, 2.24) is 30.6 Å². The van der Waals surface area contributed by atoms with Crippen molar-refractivity contribution >= 4 is 89.7 Å². The topological polar surface area (TPSA) is 359 Å². The molecule has 1 unspecified atom stereocenters. The minimum Gasteiger partial charge on any atom is -0.494 e. The number of benzene rings is 2. The average molecular weight is 1020 g/mol. The van der Waals surface area contributed by atoms with Crippen molar-refractivity contribution in [3.05, 3.63) is 65.0 Å². The van der Waals surface area contributed by atoms with E-state index in [4.69, 9.17) is 4.74 Å². The second-order valence-electron chi connectivity index (χ2n) is 15.8. The Morgan fingerprint density at radius 3 is 2.24 bits per heavy atom. The van der Waals surface area contributed by atoms with Crippen LogP contribution < -0.4 is 30.7 Å². The molecular formula is C40H54N8O15S4. The first-order valence-electron chi connectivity index (χ1n) is 20.7. The molecule has 0 saturated carbocycles. The Labute approximate surface area is 393 Å². The second-order valence-corrected chi connectivity index (χ2v) is 20.8. The lowest BCUT2D eigenvalue weighted by Crippen LogP contribution is -2.50. The summed E-state index contributed by atoms with van der Waals surface area (Å²) in [6.45, 7) is 4.20. The normalized spacial score (nSPS) is 15.3. The first-order valence-corrected chi connectivity index (χ1v) is 26.0. The van der Waals surface area contributed by atoms with E-state index in [2.05, 4.69) is 53.6 Å². The number of aromatic amines is 1. The molecule has 0 radical (unpaired) electrons. The molecule has 1 aliphatic rings. The fourth-order valence-corrected chi connectivity index (χ4v) is 10.7. The maximum Gasteiger partial charge on any atom is 0.323 e. The summed E-state index contributed by atoms with van der Waals surface area (Å²) < 4.78 is 100.0. The largest absolute Gasteiger partial charge is 0.494 e. The molecule has 0 aliphatic carbocycles. The number of rotatable bonds is 27. The summed E-state index contributed by atoms with van der Waals surface area (Å²) in [6.07, 6.45) is 3.54. The van der Waals surface area contributed by atoms with Gasteiger partial charge in [-0.25, -0.2) is 18.4 Å². The molecule has 4 atom stereocenters. The molecule has 4 rings (SSSR count). The molecule has 67 heavy (non-hydrogen) atoms. The van der Waals surface area contributed by atoms with Crippen molar-refractivity contribution in [1.29, 1.82) is 0 Å². The van der Waals surface area contributed by atoms with Gasteiger partial charge in [-0.05, 0) is 93.3 Å². The van der Waals surface area contributed by atoms with Gasteiger partial charge in [0.2, 0.25) is 21.8 Å². The molecule has 23 nitrogen and oxygen atoms in total. The van der Waals surface area contributed by atoms with Crippen molar-refractivity contribution in [3.63, 3.8) is 0 Å². The van der Waals surface area contributed by atoms with Gasteiger partial charge in [0, 0.05) is 50.1 Å². The number of carbonyl (C=O) groups is 5. The van der Waals surface area contributed by atoms with E-state index in [1.807, 2.05) is 0 Å². The lowest BCUT2D eigenvalue weighted by Gasteiger charge is -2.23. The number of carbonyl (C=O) groups excluding carboxylic acids is 4. The Morgan fingerprint density at radius 2 is 1.63 bits per heavy atom. The number of aromatic nitrogens is 2. The SMILES string of the molecule is Cc1cc(OCCCC(=O)NCCC[C@H](C[C@H](CS(=O)(=O)O)NC(=O)CS)CS(=O)(=O)O)cc(C)c1S(=O)(=O)N[C@@H](CNC(=O)C1=Nc2cc(CNc3ncc[nH]3)ccc2C(=O)C1C)C(=O)O. The van der Waals surface area contributed by atoms with Crippen LogP contribution in [0.1, 0.15) is 66.1 Å². The zero-order valence-corrected chi connectivity index (χ0v) is 40.0. The van der Waals surface area contributed by atoms with E-state index in [0.717, 1.165) is 5.56 Å². The number of fused-ring (bicyclic) bond motifs is 1. The molecule has 9 N–H and O–H groups in total. The zero-order chi connectivity index (χ0) is 49.7. The van der Waals surface area contributed by atoms with E-state index in [0.29, 0.717) is 18.1 Å². The summed E-state index contributed by atoms with van der Waals surface area (Å²) in [6, 6.07) is 4.83. The second kappa shape index (κ2) is 24.0. The Bertz CT molecular complexity index is 2640. The van der Waals surface area contributed by atoms with Crippen molar-refractivity contribution in [2.45, 2.75) is 76.4 Å². The van der Waals surface area contributed by atoms with Gasteiger partial charge in [0.1, 0.15) is 17.5 Å². The lowest BCUT2D eigenvalue weighted by molar-refractivity contribution is -0.139. The number of carboxylic acid groups (broad SMARTS) is 1. The maximum absolute atomic E-state index is 13.6. The number of nitrogens with one attached hydrogen (secondary N) is 6. The number of ketones is 1. The van der Waals surface area contributed by atoms with Gasteiger partial charge in [-0.1, -0.05) is 6.07 Å². The molecule has 0 fully saturated rings. The van der Waals surface area contributed by atoms with Gasteiger partial charge in [-0.15, -0.1) is 0 Å². The number of nitrogens with zero attached hydrogens (tertiary/aromatic N) is 2. The minimum absolute atomic E-state index is 0.00372. The highest BCUT2D eigenvalue weighted by Crippen LogP contribution is 2.31. The molecular weight excluding hydrogens is 961 g/mol. The van der Waals surface area contributed by atoms with E-state index >= 15 is 0 Å². The van der Waals surface area contributed by atoms with Crippen molar-refractivity contribution in [2.24, 2.45) is 16.8 Å². The predicted molar refractivity (Wildman–Crippen MR) is 247 cm³/mol. The van der Waals surface area contributed by atoms with Crippen LogP contribution in [-0.4, -0.2) is 134 Å². The van der Waals surface area contributed by atoms with Gasteiger partial charge in [0.25, 0.3) is 26.1 Å². The number of aryl methyl sites for hydroxylation is 2. The van der Waals surface area contributed by atoms with Crippen molar-refractivity contribution < 1.29 is 68.2 Å². The number of sulfonamides is 1. The highest BCUT2D eigenvalue weighted by molar-refractivity contribution is 7.89. The van der Waals surface area contributed by atoms with Crippen LogP contribution in [0.2, 0.25) is 0 Å². The predicted octanol–water partition coefficient (Wildman–Crippen LogP) is 1.34. The number of hydrogen-bond acceptors (Lipinski definition) is 16. The summed E-state index contributed by atoms with van der Waals surface area (Å²) in [4.78, 5) is 74.3. The van der Waals surface area contributed by atoms with Crippen LogP contribution in [0.15, 0.2) is 52.6 Å². The summed E-state index contributed by atoms with van der Waals surface area (Å²) in [5, 5.41) is 20.4. The van der Waals surface area contributed by atoms with Crippen molar-refractivity contribution in [3.8, 4) is 5.75 Å². The summed E-state index contributed by atoms with van der Waals surface area (Å²) >= 11 is 3.81. The van der Waals surface area contributed by atoms with Crippen LogP contribution in [0, 0.1) is 25.7 Å². The van der Waals surface area contributed by atoms with E-state index in [9.17, 15) is 63.4 Å². The number of aliphatic carboxylic acids is 1. The summed E-state index contributed by atoms with van der Waals surface area (Å²) in [7, 11) is -13.6. The third-order valence-corrected chi connectivity index (χ3v) is 14.0. The van der Waals surface area contributed by atoms with E-state index in [1.165, 1.54) is 32.9 Å². The lowest BCUT2D eigenvalue weighted by atomic mass is 9.89. The number of amides is 3. The van der Waals surface area contributed by atoms with E-state index in [1.54, 1.807) is 30.6 Å². The quantitative estimate of drug-likeness (QED) is 0.0293. The molecule has 3 amide bonds. The fraction of sp³-hybridized carbons (Fsp3) is 0.475. The molecule has 27 heteroatoms. The molecule has 368 valence electrons. The Kier molecular flexibility index (Phi) is 19.4. The Hall–Kier alpha value is -5.45. The van der Waals surface area contributed by atoms with Crippen LogP contribution in [0.3, 0.4) is 0 Å². The maximum atomic E-state index is 13.6. The molecule has 0 saturated heterocycles. The fourth-order valence-electron chi connectivity index (χ4n) is 7.29. The number of aliphatic imine (C=N–C) groups is 1. The van der Waals surface area contributed by atoms with Gasteiger partial charge >= 0.3 is 5.97 Å². The Morgan fingerprint density at radius 1 is 0.940 bits per heavy atom. The van der Waals surface area contributed by atoms with Crippen molar-refractivity contribution in [2.75, 3.05) is 42.3 Å². The molecule has 0 bridgehead atoms. The molecule has 1 aromatic heterocycles. The number of hydrogen-bond donors (Lipinski definition) is 10. The van der Waals surface area contributed by atoms with Crippen LogP contribution >= 0.6 is 12.6 Å². The number of thiol groups is 1. The van der Waals surface area contributed by atoms with Crippen LogP contribution in [0.25, 0.3) is 0 Å². The third kappa shape index (κ3) is 17.3. The number of ether oxygens (including phenoxy) is 1. The standard InChI is InChI=1S/C40H54N8O15S4/c1-23-14-29(63-13-5-7-33(49)41-10-4-6-27(21-65(55,56)57)16-28(22-66(58,59)60)46-34(50)20-64)15-24(2)37(23)67(61,62)48-32(39(53)54)19-44-38(52)35-25(3)36(51)30-9-8-26(17-31(30)47-35)18-45-40-42-11-12-43-40/h8-9,11-12,14-15,17,25,27-28,32,48,64H,4-7,10,13,16,18-22H2,1-3H3,(H,41,49)(H,44,52)(H,46,50)(H,53,54)(H2,42,43,45)(H,55,56,57)(H,58,59,60)/t25?,27-,28-,32+/m1/s1. The molecule has 2 aromatic carbocycles. The molecule has 3 aromatic rings. The van der Waals surface area contributed by atoms with Crippen LogP contribution in [0.4, 0.5) is 11.6 Å². The van der Waals surface area contributed by atoms with Gasteiger partial charge in [0.05, 0.1) is 40.4 Å². The van der Waals surface area contributed by atoms with Gasteiger partial charge in [-0.3, -0.25) is 33.1 Å². The summed E-state index contributed by atoms with van der Waals surface area (Å²) in [5.74, 6) is -6.83. The minimum atomic E-state index is -4.56. The van der Waals surface area contributed by atoms with Gasteiger partial charge in [-0.2, -0.15) is 34.2 Å². The molecule has 1 aliphatic heterocycles. The number of carboxylic acids is 1. The van der Waals surface area contributed by atoms with Gasteiger partial charge < -0.3 is 36.1 Å². The first kappa shape index (κ1) is 54.2. The monoisotopic (exact) mass is 1010 g/mol. The number of Topliss-reactive ketones (excluding diaryl/α,β-unsaturated/α-hetero) is 1. The first-order chi connectivity index (χ1) is 31.4. The molecule has 2 heterocycles. The Balaban J connectivity index is 1.28. The van der Waals surface area contributed by atoms with Crippen LogP contribution in [-0.2, 0) is 56.0 Å². The third-order valence-electron chi connectivity index (χ3n) is 10.2. The number of imidazole rings is 1. The number of anilines is 1. The number of H-pyrrole nitrogens is 1. The average Bonchev–Trinajstić information content (AvgIpc) is 3.75. The zero-order valence-electron chi connectivity index (χ0n) is 36.6.